The number of fused-ring (bicyclic) bond motifs is 1. The van der Waals surface area contributed by atoms with Crippen molar-refractivity contribution in [3.63, 3.8) is 0 Å². The minimum atomic E-state index is -0.555. The Hall–Kier alpha value is -2.83. The van der Waals surface area contributed by atoms with Crippen molar-refractivity contribution in [3.8, 4) is 0 Å². The van der Waals surface area contributed by atoms with Crippen LogP contribution in [0.2, 0.25) is 0 Å². The SMILES string of the molecule is C=C(/C=C(C)\C(=C/C)c1cc2cnc(NC(=O)C(C)OC)cc2cn1)C(O)CCC.CC. The molecular formula is C26H37N3O3. The summed E-state index contributed by atoms with van der Waals surface area (Å²) in [4.78, 5) is 20.9. The number of carbonyl (C=O) groups is 1. The highest BCUT2D eigenvalue weighted by atomic mass is 16.5. The first kappa shape index (κ1) is 27.2. The first-order valence-electron chi connectivity index (χ1n) is 11.1. The van der Waals surface area contributed by atoms with Crippen LogP contribution in [0.1, 0.15) is 60.1 Å². The van der Waals surface area contributed by atoms with Gasteiger partial charge in [0.1, 0.15) is 11.9 Å². The van der Waals surface area contributed by atoms with E-state index in [2.05, 4.69) is 21.9 Å². The lowest BCUT2D eigenvalue weighted by molar-refractivity contribution is -0.124. The Morgan fingerprint density at radius 3 is 2.47 bits per heavy atom. The minimum absolute atomic E-state index is 0.253. The highest BCUT2D eigenvalue weighted by Gasteiger charge is 2.13. The fourth-order valence-corrected chi connectivity index (χ4v) is 3.08. The molecule has 0 aliphatic carbocycles. The van der Waals surface area contributed by atoms with Crippen molar-refractivity contribution < 1.29 is 14.6 Å². The number of ether oxygens (including phenoxy) is 1. The van der Waals surface area contributed by atoms with E-state index in [1.54, 1.807) is 25.4 Å². The number of rotatable bonds is 9. The lowest BCUT2D eigenvalue weighted by atomic mass is 9.97. The molecule has 0 aliphatic rings. The van der Waals surface area contributed by atoms with Crippen LogP contribution in [0.25, 0.3) is 16.3 Å². The quantitative estimate of drug-likeness (QED) is 0.490. The lowest BCUT2D eigenvalue weighted by Gasteiger charge is -2.13. The Kier molecular flexibility index (Phi) is 11.5. The Labute approximate surface area is 192 Å². The normalized spacial score (nSPS) is 13.8. The fraction of sp³-hybridized carbons (Fsp3) is 0.423. The molecule has 0 aliphatic heterocycles. The molecule has 2 atom stereocenters. The van der Waals surface area contributed by atoms with Crippen molar-refractivity contribution in [1.29, 1.82) is 0 Å². The van der Waals surface area contributed by atoms with Gasteiger partial charge >= 0.3 is 0 Å². The predicted octanol–water partition coefficient (Wildman–Crippen LogP) is 5.70. The number of carbonyl (C=O) groups excluding carboxylic acids is 1. The zero-order valence-electron chi connectivity index (χ0n) is 20.4. The third-order valence-electron chi connectivity index (χ3n) is 4.96. The maximum atomic E-state index is 12.0. The Balaban J connectivity index is 0.00000249. The molecule has 1 amide bonds. The Bertz CT molecular complexity index is 979. The number of aliphatic hydroxyl groups excluding tert-OH is 1. The monoisotopic (exact) mass is 439 g/mol. The summed E-state index contributed by atoms with van der Waals surface area (Å²) in [7, 11) is 1.48. The van der Waals surface area contributed by atoms with Gasteiger partial charge in [0.05, 0.1) is 11.8 Å². The highest BCUT2D eigenvalue weighted by Crippen LogP contribution is 2.26. The van der Waals surface area contributed by atoms with Crippen LogP contribution in [0.3, 0.4) is 0 Å². The molecule has 2 unspecified atom stereocenters. The van der Waals surface area contributed by atoms with Crippen molar-refractivity contribution in [2.24, 2.45) is 0 Å². The first-order chi connectivity index (χ1) is 15.3. The van der Waals surface area contributed by atoms with Crippen LogP contribution in [0.15, 0.2) is 54.4 Å². The van der Waals surface area contributed by atoms with E-state index >= 15 is 0 Å². The van der Waals surface area contributed by atoms with Gasteiger partial charge in [0, 0.05) is 30.3 Å². The summed E-state index contributed by atoms with van der Waals surface area (Å²) in [5, 5.41) is 14.7. The topological polar surface area (TPSA) is 84.3 Å². The molecule has 2 heterocycles. The molecule has 6 nitrogen and oxygen atoms in total. The van der Waals surface area contributed by atoms with Gasteiger partial charge in [-0.05, 0) is 56.0 Å². The smallest absolute Gasteiger partial charge is 0.254 e. The highest BCUT2D eigenvalue weighted by molar-refractivity contribution is 5.95. The standard InChI is InChI=1S/C24H31N3O3.C2H6/c1-7-9-22(28)16(4)10-15(3)20(8-2)21-11-18-14-26-23(12-19(18)13-25-21)27-24(29)17(5)30-6;1-2/h8,10-14,17,22,28H,4,7,9H2,1-3,5-6H3,(H,26,27,29);1-2H3/b15-10-,20-8+;. The van der Waals surface area contributed by atoms with E-state index in [1.807, 2.05) is 52.8 Å². The van der Waals surface area contributed by atoms with Gasteiger partial charge in [0.15, 0.2) is 0 Å². The number of nitrogens with zero attached hydrogens (tertiary/aromatic N) is 2. The van der Waals surface area contributed by atoms with E-state index in [4.69, 9.17) is 4.74 Å². The number of amides is 1. The molecule has 6 heteroatoms. The summed E-state index contributed by atoms with van der Waals surface area (Å²) in [6.45, 7) is 15.6. The summed E-state index contributed by atoms with van der Waals surface area (Å²) < 4.78 is 5.02. The molecule has 0 radical (unpaired) electrons. The number of methoxy groups -OCH3 is 1. The van der Waals surface area contributed by atoms with Crippen LogP contribution in [0.4, 0.5) is 5.82 Å². The van der Waals surface area contributed by atoms with E-state index in [0.717, 1.165) is 34.0 Å². The summed E-state index contributed by atoms with van der Waals surface area (Å²) in [5.41, 5.74) is 3.45. The molecule has 0 aromatic carbocycles. The molecular weight excluding hydrogens is 402 g/mol. The van der Waals surface area contributed by atoms with Gasteiger partial charge in [0.25, 0.3) is 5.91 Å². The Morgan fingerprint density at radius 1 is 1.25 bits per heavy atom. The lowest BCUT2D eigenvalue weighted by Crippen LogP contribution is -2.26. The number of hydrogen-bond acceptors (Lipinski definition) is 5. The molecule has 32 heavy (non-hydrogen) atoms. The molecule has 0 fully saturated rings. The Morgan fingerprint density at radius 2 is 1.88 bits per heavy atom. The zero-order chi connectivity index (χ0) is 24.3. The third-order valence-corrected chi connectivity index (χ3v) is 4.96. The number of aromatic nitrogens is 2. The second-order valence-electron chi connectivity index (χ2n) is 7.26. The number of nitrogens with one attached hydrogen (secondary N) is 1. The van der Waals surface area contributed by atoms with E-state index in [9.17, 15) is 9.90 Å². The van der Waals surface area contributed by atoms with E-state index in [1.165, 1.54) is 7.11 Å². The maximum absolute atomic E-state index is 12.0. The van der Waals surface area contributed by atoms with Crippen molar-refractivity contribution in [2.75, 3.05) is 12.4 Å². The van der Waals surface area contributed by atoms with Gasteiger partial charge < -0.3 is 15.2 Å². The first-order valence-corrected chi connectivity index (χ1v) is 11.1. The molecule has 2 rings (SSSR count). The summed E-state index contributed by atoms with van der Waals surface area (Å²) in [6.07, 6.45) is 7.88. The number of allylic oxidation sites excluding steroid dienone is 3. The zero-order valence-corrected chi connectivity index (χ0v) is 20.4. The predicted molar refractivity (Wildman–Crippen MR) is 133 cm³/mol. The van der Waals surface area contributed by atoms with Gasteiger partial charge in [-0.25, -0.2) is 4.98 Å². The molecule has 2 aromatic heterocycles. The number of aliphatic hydroxyl groups is 1. The summed E-state index contributed by atoms with van der Waals surface area (Å²) in [5.74, 6) is 0.200. The second kappa shape index (κ2) is 13.6. The van der Waals surface area contributed by atoms with Gasteiger partial charge in [-0.3, -0.25) is 9.78 Å². The van der Waals surface area contributed by atoms with Crippen molar-refractivity contribution >= 4 is 28.1 Å². The average molecular weight is 440 g/mol. The summed E-state index contributed by atoms with van der Waals surface area (Å²) in [6, 6.07) is 3.75. The fourth-order valence-electron chi connectivity index (χ4n) is 3.08. The van der Waals surface area contributed by atoms with Gasteiger partial charge in [0.2, 0.25) is 0 Å². The van der Waals surface area contributed by atoms with Crippen LogP contribution < -0.4 is 5.32 Å². The molecule has 2 aromatic rings. The van der Waals surface area contributed by atoms with Gasteiger partial charge in [-0.1, -0.05) is 45.9 Å². The van der Waals surface area contributed by atoms with E-state index in [0.29, 0.717) is 17.8 Å². The van der Waals surface area contributed by atoms with Crippen LogP contribution in [-0.4, -0.2) is 40.3 Å². The number of pyridine rings is 2. The molecule has 2 N–H and O–H groups in total. The number of hydrogen-bond donors (Lipinski definition) is 2. The van der Waals surface area contributed by atoms with Crippen LogP contribution >= 0.6 is 0 Å². The number of anilines is 1. The van der Waals surface area contributed by atoms with E-state index in [-0.39, 0.29) is 5.91 Å². The van der Waals surface area contributed by atoms with E-state index < -0.39 is 12.2 Å². The second-order valence-corrected chi connectivity index (χ2v) is 7.26. The van der Waals surface area contributed by atoms with Crippen LogP contribution in [0, 0.1) is 0 Å². The summed E-state index contributed by atoms with van der Waals surface area (Å²) >= 11 is 0. The molecule has 0 spiro atoms. The molecule has 0 saturated carbocycles. The van der Waals surface area contributed by atoms with Crippen LogP contribution in [0.5, 0.6) is 0 Å². The third kappa shape index (κ3) is 7.39. The molecule has 0 saturated heterocycles. The van der Waals surface area contributed by atoms with Gasteiger partial charge in [-0.15, -0.1) is 0 Å². The average Bonchev–Trinajstić information content (AvgIpc) is 2.80. The largest absolute Gasteiger partial charge is 0.388 e. The molecule has 0 bridgehead atoms. The minimum Gasteiger partial charge on any atom is -0.388 e. The van der Waals surface area contributed by atoms with Crippen LogP contribution in [-0.2, 0) is 9.53 Å². The molecule has 174 valence electrons. The van der Waals surface area contributed by atoms with Crippen molar-refractivity contribution in [1.82, 2.24) is 9.97 Å². The maximum Gasteiger partial charge on any atom is 0.254 e. The van der Waals surface area contributed by atoms with Crippen molar-refractivity contribution in [2.45, 2.75) is 66.6 Å². The van der Waals surface area contributed by atoms with Gasteiger partial charge in [-0.2, -0.15) is 0 Å². The van der Waals surface area contributed by atoms with Crippen molar-refractivity contribution in [3.05, 3.63) is 60.1 Å².